The molecule has 4 unspecified atom stereocenters. The standard InChI is InChI=1S/C12H19N5O2S.C12H16N4O2S.C12H19N3OS.C11H17N3OS.C11H13N3O/c1-7(18)3-16-12(19)10(13)6-20-5-9-4-15-8(2)17-11(9)14;1-7-14-4-8(12(13)15-7)5-19-6-9-10(17)2-3-11(18)16-9;1-4-5-11(8(2)16)17-7-10-6-14-9(3)15-12(10)13;1-4-10(7(2)15)16-6-9-5-13-8(3)14-11(9)12;12-11-9(7-13-8-14-11)3-1-4-10-5-2-6-15-10/h4,10H,3,5-6,13H2,1-2H3,(H,16,19)(H2,14,15,17);4,9H,2-3,5-6H2,1H3,(H,16,18)(H2,13,14,15);6,11H,4-5,7H2,1-3H3,(H2,13,14,15);5,10H,4,6H2,1-3H3,(H2,12,13,14);2,5-8H,1,3-4H2,(H2,12,13,14). The number of Topliss-reactive ketones (excluding diaryl/α,β-unsaturated/α-hetero) is 4. The molecule has 0 saturated carbocycles. The first kappa shape index (κ1) is 73.9. The number of piperidine rings is 1. The molecule has 0 spiro atoms. The van der Waals surface area contributed by atoms with Crippen molar-refractivity contribution in [3.63, 3.8) is 0 Å². The fourth-order valence-electron chi connectivity index (χ4n) is 7.43. The van der Waals surface area contributed by atoms with Gasteiger partial charge in [0.15, 0.2) is 5.78 Å². The Bertz CT molecular complexity index is 3150. The number of thioether (sulfide) groups is 4. The fourth-order valence-corrected chi connectivity index (χ4v) is 11.8. The molecule has 472 valence electrons. The summed E-state index contributed by atoms with van der Waals surface area (Å²) < 4.78 is 5.24. The molecule has 0 aliphatic carbocycles. The number of hydrogen-bond donors (Lipinski definition) is 8. The first-order valence-corrected chi connectivity index (χ1v) is 32.4. The zero-order valence-electron chi connectivity index (χ0n) is 51.0. The molecule has 29 heteroatoms. The molecular formula is C58H84N18O7S4. The highest BCUT2D eigenvalue weighted by Gasteiger charge is 2.26. The van der Waals surface area contributed by atoms with Crippen molar-refractivity contribution < 1.29 is 33.2 Å². The lowest BCUT2D eigenvalue weighted by molar-refractivity contribution is -0.132. The number of nitrogen functional groups attached to an aromatic ring is 5. The second kappa shape index (κ2) is 40.2. The number of rotatable bonds is 26. The average Bonchev–Trinajstić information content (AvgIpc) is 4.17. The minimum absolute atomic E-state index is 0.00987. The Kier molecular flexibility index (Phi) is 34.1. The molecular weight excluding hydrogens is 1190 g/mol. The van der Waals surface area contributed by atoms with Crippen molar-refractivity contribution in [2.45, 2.75) is 159 Å². The number of ketones is 4. The number of furan rings is 1. The molecule has 1 saturated heterocycles. The molecule has 87 heavy (non-hydrogen) atoms. The molecule has 7 rings (SSSR count). The zero-order chi connectivity index (χ0) is 64.4. The lowest BCUT2D eigenvalue weighted by Gasteiger charge is -2.21. The predicted octanol–water partition coefficient (Wildman–Crippen LogP) is 6.23. The van der Waals surface area contributed by atoms with Crippen LogP contribution in [0, 0.1) is 27.7 Å². The van der Waals surface area contributed by atoms with Gasteiger partial charge in [0.05, 0.1) is 35.4 Å². The van der Waals surface area contributed by atoms with Gasteiger partial charge in [-0.15, -0.1) is 23.5 Å². The van der Waals surface area contributed by atoms with Crippen molar-refractivity contribution >= 4 is 111 Å². The Morgan fingerprint density at radius 1 is 0.655 bits per heavy atom. The third-order valence-electron chi connectivity index (χ3n) is 12.3. The maximum absolute atomic E-state index is 11.6. The van der Waals surface area contributed by atoms with Gasteiger partial charge in [-0.05, 0) is 86.3 Å². The van der Waals surface area contributed by atoms with Gasteiger partial charge in [0.1, 0.15) is 81.8 Å². The van der Waals surface area contributed by atoms with E-state index in [-0.39, 0.29) is 58.0 Å². The van der Waals surface area contributed by atoms with Gasteiger partial charge in [-0.25, -0.2) is 49.8 Å². The van der Waals surface area contributed by atoms with Gasteiger partial charge in [-0.1, -0.05) is 20.3 Å². The van der Waals surface area contributed by atoms with E-state index in [1.54, 1.807) is 107 Å². The van der Waals surface area contributed by atoms with Crippen LogP contribution < -0.4 is 45.0 Å². The van der Waals surface area contributed by atoms with E-state index in [1.165, 1.54) is 25.0 Å². The lowest BCUT2D eigenvalue weighted by Crippen LogP contribution is -2.46. The molecule has 0 bridgehead atoms. The van der Waals surface area contributed by atoms with Crippen LogP contribution in [0.1, 0.15) is 130 Å². The predicted molar refractivity (Wildman–Crippen MR) is 349 cm³/mol. The molecule has 4 atom stereocenters. The highest BCUT2D eigenvalue weighted by atomic mass is 32.2. The van der Waals surface area contributed by atoms with Crippen LogP contribution in [0.3, 0.4) is 0 Å². The smallest absolute Gasteiger partial charge is 0.238 e. The summed E-state index contributed by atoms with van der Waals surface area (Å²) in [5, 5.41) is 5.28. The normalized spacial score (nSPS) is 13.5. The van der Waals surface area contributed by atoms with Gasteiger partial charge < -0.3 is 49.5 Å². The largest absolute Gasteiger partial charge is 0.469 e. The van der Waals surface area contributed by atoms with Crippen LogP contribution in [0.15, 0.2) is 60.1 Å². The molecule has 1 fully saturated rings. The van der Waals surface area contributed by atoms with Crippen molar-refractivity contribution in [3.8, 4) is 0 Å². The van der Waals surface area contributed by atoms with Crippen molar-refractivity contribution in [3.05, 3.63) is 113 Å². The van der Waals surface area contributed by atoms with Gasteiger partial charge in [0.25, 0.3) is 0 Å². The minimum Gasteiger partial charge on any atom is -0.469 e. The second-order valence-electron chi connectivity index (χ2n) is 19.8. The average molecular weight is 1270 g/mol. The molecule has 25 nitrogen and oxygen atoms in total. The van der Waals surface area contributed by atoms with E-state index in [1.807, 2.05) is 26.0 Å². The van der Waals surface area contributed by atoms with Gasteiger partial charge in [-0.2, -0.15) is 23.5 Å². The van der Waals surface area contributed by atoms with Crippen molar-refractivity contribution in [1.82, 2.24) is 60.5 Å². The van der Waals surface area contributed by atoms with Crippen molar-refractivity contribution in [1.29, 1.82) is 0 Å². The van der Waals surface area contributed by atoms with Crippen LogP contribution in [0.5, 0.6) is 0 Å². The molecule has 0 radical (unpaired) electrons. The monoisotopic (exact) mass is 1270 g/mol. The van der Waals surface area contributed by atoms with Gasteiger partial charge in [-0.3, -0.25) is 28.8 Å². The number of hydrogen-bond acceptors (Lipinski definition) is 27. The highest BCUT2D eigenvalue weighted by molar-refractivity contribution is 8.00. The third kappa shape index (κ3) is 29.3. The summed E-state index contributed by atoms with van der Waals surface area (Å²) in [4.78, 5) is 108. The Labute approximate surface area is 526 Å². The summed E-state index contributed by atoms with van der Waals surface area (Å²) in [5.41, 5.74) is 39.0. The first-order chi connectivity index (χ1) is 41.4. The Morgan fingerprint density at radius 3 is 1.61 bits per heavy atom. The van der Waals surface area contributed by atoms with Crippen LogP contribution >= 0.6 is 47.0 Å². The van der Waals surface area contributed by atoms with Crippen LogP contribution in [-0.4, -0.2) is 125 Å². The number of nitrogens with zero attached hydrogens (tertiary/aromatic N) is 10. The Hall–Kier alpha value is -7.34. The number of carbonyl (C=O) groups is 6. The number of nitrogens with two attached hydrogens (primary N) is 6. The number of aromatic nitrogens is 10. The van der Waals surface area contributed by atoms with E-state index in [4.69, 9.17) is 38.8 Å². The van der Waals surface area contributed by atoms with Gasteiger partial charge in [0.2, 0.25) is 11.8 Å². The number of nitrogens with one attached hydrogen (secondary N) is 2. The van der Waals surface area contributed by atoms with E-state index >= 15 is 0 Å². The number of amides is 2. The second-order valence-corrected chi connectivity index (χ2v) is 24.3. The molecule has 1 aliphatic rings. The Balaban J connectivity index is 0.000000285. The van der Waals surface area contributed by atoms with Crippen LogP contribution in [0.4, 0.5) is 29.1 Å². The number of anilines is 5. The molecule has 6 aromatic heterocycles. The van der Waals surface area contributed by atoms with E-state index in [0.29, 0.717) is 99.7 Å². The lowest BCUT2D eigenvalue weighted by atomic mass is 10.0. The molecule has 14 N–H and O–H groups in total. The summed E-state index contributed by atoms with van der Waals surface area (Å²) in [5.74, 6) is 9.74. The minimum atomic E-state index is -0.660. The summed E-state index contributed by atoms with van der Waals surface area (Å²) >= 11 is 6.22. The van der Waals surface area contributed by atoms with E-state index in [0.717, 1.165) is 72.1 Å². The molecule has 0 aromatic carbocycles. The van der Waals surface area contributed by atoms with E-state index in [9.17, 15) is 28.8 Å². The van der Waals surface area contributed by atoms with E-state index in [2.05, 4.69) is 67.4 Å². The quantitative estimate of drug-likeness (QED) is 0.0298. The topological polar surface area (TPSA) is 425 Å². The van der Waals surface area contributed by atoms with Crippen molar-refractivity contribution in [2.24, 2.45) is 5.73 Å². The highest BCUT2D eigenvalue weighted by Crippen LogP contribution is 2.26. The van der Waals surface area contributed by atoms with Gasteiger partial charge >= 0.3 is 0 Å². The third-order valence-corrected chi connectivity index (χ3v) is 17.5. The van der Waals surface area contributed by atoms with Crippen LogP contribution in [-0.2, 0) is 64.6 Å². The number of carbonyl (C=O) groups excluding carboxylic acids is 6. The molecule has 1 aliphatic heterocycles. The molecule has 2 amide bonds. The fraction of sp³-hybridized carbons (Fsp3) is 0.483. The first-order valence-electron chi connectivity index (χ1n) is 28.0. The van der Waals surface area contributed by atoms with Crippen molar-refractivity contribution in [2.75, 3.05) is 46.7 Å². The van der Waals surface area contributed by atoms with Gasteiger partial charge in [0, 0.05) is 113 Å². The van der Waals surface area contributed by atoms with Crippen LogP contribution in [0.2, 0.25) is 0 Å². The maximum Gasteiger partial charge on any atom is 0.238 e. The zero-order valence-corrected chi connectivity index (χ0v) is 54.3. The summed E-state index contributed by atoms with van der Waals surface area (Å²) in [6.45, 7) is 15.9. The summed E-state index contributed by atoms with van der Waals surface area (Å²) in [6.07, 6.45) is 18.0. The van der Waals surface area contributed by atoms with E-state index < -0.39 is 6.04 Å². The Morgan fingerprint density at radius 2 is 1.16 bits per heavy atom. The SMILES string of the molecule is CC(=O)CNC(=O)C(N)CSCc1cnc(C)nc1N.CCC(SCc1cnc(C)nc1N)C(C)=O.CCCC(SCc1cnc(C)nc1N)C(C)=O.Cc1ncc(CSCC2NC(=O)CCC2=O)c(N)n1.Nc1ncncc1CCCc1ccco1. The maximum atomic E-state index is 11.6. The van der Waals surface area contributed by atoms with Crippen LogP contribution in [0.25, 0.3) is 0 Å². The molecule has 6 aromatic rings. The number of aryl methyl sites for hydroxylation is 6. The summed E-state index contributed by atoms with van der Waals surface area (Å²) in [6, 6.07) is 2.84. The molecule has 7 heterocycles. The summed E-state index contributed by atoms with van der Waals surface area (Å²) in [7, 11) is 0.